The summed E-state index contributed by atoms with van der Waals surface area (Å²) in [6.45, 7) is 4.68. The van der Waals surface area contributed by atoms with Gasteiger partial charge >= 0.3 is 0 Å². The lowest BCUT2D eigenvalue weighted by Crippen LogP contribution is -2.14. The standard InChI is InChI=1S/C58H39N3/c1-58(2)52-23-10-9-20-46(52)47-29-28-39(32-53(47)58)36-24-26-37(27-25-36)54-34-55(61-57(60-54)40-14-11-13-38(31-40)41-15-12-30-59-35-41)50-33-51-44-18-4-3-16-42(44)43-17-5-7-21-48(43)56(51)49-22-8-6-19-45(49)50/h3-35H,1-2H3. The highest BCUT2D eigenvalue weighted by molar-refractivity contribution is 6.33. The van der Waals surface area contributed by atoms with E-state index >= 15 is 0 Å². The van der Waals surface area contributed by atoms with Crippen molar-refractivity contribution >= 4 is 43.1 Å². The van der Waals surface area contributed by atoms with E-state index in [9.17, 15) is 0 Å². The first-order valence-electron chi connectivity index (χ1n) is 21.0. The number of pyridine rings is 1. The maximum Gasteiger partial charge on any atom is 0.160 e. The summed E-state index contributed by atoms with van der Waals surface area (Å²) in [7, 11) is 0. The van der Waals surface area contributed by atoms with Crippen molar-refractivity contribution in [1.29, 1.82) is 0 Å². The Morgan fingerprint density at radius 3 is 1.69 bits per heavy atom. The van der Waals surface area contributed by atoms with E-state index in [1.807, 2.05) is 18.5 Å². The van der Waals surface area contributed by atoms with E-state index in [1.165, 1.54) is 71.1 Å². The summed E-state index contributed by atoms with van der Waals surface area (Å²) in [6.07, 6.45) is 3.71. The van der Waals surface area contributed by atoms with Crippen molar-refractivity contribution in [3.63, 3.8) is 0 Å². The zero-order valence-electron chi connectivity index (χ0n) is 33.9. The molecule has 0 unspecified atom stereocenters. The van der Waals surface area contributed by atoms with Crippen molar-refractivity contribution in [2.24, 2.45) is 0 Å². The molecule has 9 aromatic carbocycles. The van der Waals surface area contributed by atoms with E-state index in [0.29, 0.717) is 5.82 Å². The minimum Gasteiger partial charge on any atom is -0.264 e. The van der Waals surface area contributed by atoms with Crippen LogP contribution in [0.2, 0.25) is 0 Å². The zero-order valence-corrected chi connectivity index (χ0v) is 33.9. The van der Waals surface area contributed by atoms with Gasteiger partial charge in [0.15, 0.2) is 5.82 Å². The lowest BCUT2D eigenvalue weighted by molar-refractivity contribution is 0.660. The van der Waals surface area contributed by atoms with Gasteiger partial charge in [-0.3, -0.25) is 4.98 Å². The zero-order chi connectivity index (χ0) is 40.7. The molecule has 11 aromatic rings. The molecule has 0 N–H and O–H groups in total. The molecule has 0 bridgehead atoms. The first-order chi connectivity index (χ1) is 30.0. The number of fused-ring (bicyclic) bond motifs is 11. The maximum absolute atomic E-state index is 5.44. The molecule has 0 saturated heterocycles. The lowest BCUT2D eigenvalue weighted by atomic mass is 9.81. The highest BCUT2D eigenvalue weighted by atomic mass is 14.9. The molecule has 61 heavy (non-hydrogen) atoms. The van der Waals surface area contributed by atoms with Gasteiger partial charge in [0.25, 0.3) is 0 Å². The maximum atomic E-state index is 5.44. The van der Waals surface area contributed by atoms with E-state index in [1.54, 1.807) is 0 Å². The Morgan fingerprint density at radius 1 is 0.344 bits per heavy atom. The number of aromatic nitrogens is 3. The SMILES string of the molecule is CC1(C)c2ccccc2-c2ccc(-c3ccc(-c4cc(-c5cc6c7ccccc7c7ccccc7c6c6ccccc56)nc(-c5cccc(-c6cccnc6)c5)n4)cc3)cc21. The fourth-order valence-corrected chi connectivity index (χ4v) is 9.93. The molecule has 3 nitrogen and oxygen atoms in total. The first kappa shape index (κ1) is 35.2. The van der Waals surface area contributed by atoms with Crippen molar-refractivity contribution < 1.29 is 0 Å². The molecule has 2 aromatic heterocycles. The normalized spacial score (nSPS) is 12.9. The Labute approximate surface area is 354 Å². The third-order valence-corrected chi connectivity index (χ3v) is 13.0. The van der Waals surface area contributed by atoms with Crippen molar-refractivity contribution in [2.75, 3.05) is 0 Å². The molecule has 1 aliphatic carbocycles. The second-order valence-electron chi connectivity index (χ2n) is 16.8. The summed E-state index contributed by atoms with van der Waals surface area (Å²) in [5.41, 5.74) is 14.7. The summed E-state index contributed by atoms with van der Waals surface area (Å²) in [5, 5.41) is 9.85. The topological polar surface area (TPSA) is 38.7 Å². The first-order valence-corrected chi connectivity index (χ1v) is 21.0. The Morgan fingerprint density at radius 2 is 0.918 bits per heavy atom. The van der Waals surface area contributed by atoms with E-state index in [4.69, 9.17) is 9.97 Å². The number of hydrogen-bond acceptors (Lipinski definition) is 3. The van der Waals surface area contributed by atoms with Gasteiger partial charge in [-0.05, 0) is 112 Å². The molecule has 0 saturated carbocycles. The predicted molar refractivity (Wildman–Crippen MR) is 255 cm³/mol. The van der Waals surface area contributed by atoms with Gasteiger partial charge in [-0.1, -0.05) is 172 Å². The van der Waals surface area contributed by atoms with Gasteiger partial charge in [0, 0.05) is 40.1 Å². The number of benzene rings is 9. The minimum absolute atomic E-state index is 0.0592. The van der Waals surface area contributed by atoms with Crippen LogP contribution in [0.15, 0.2) is 200 Å². The third kappa shape index (κ3) is 5.62. The molecule has 0 radical (unpaired) electrons. The van der Waals surface area contributed by atoms with Gasteiger partial charge in [-0.25, -0.2) is 9.97 Å². The van der Waals surface area contributed by atoms with Crippen LogP contribution < -0.4 is 0 Å². The summed E-state index contributed by atoms with van der Waals surface area (Å²) in [4.78, 5) is 15.2. The Hall–Kier alpha value is -7.75. The molecule has 286 valence electrons. The molecule has 0 spiro atoms. The summed E-state index contributed by atoms with van der Waals surface area (Å²) in [5.74, 6) is 0.676. The number of nitrogens with zero attached hydrogens (tertiary/aromatic N) is 3. The van der Waals surface area contributed by atoms with Gasteiger partial charge in [0.2, 0.25) is 0 Å². The third-order valence-electron chi connectivity index (χ3n) is 13.0. The highest BCUT2D eigenvalue weighted by Crippen LogP contribution is 2.50. The fourth-order valence-electron chi connectivity index (χ4n) is 9.93. The molecule has 1 aliphatic rings. The van der Waals surface area contributed by atoms with Crippen LogP contribution in [0, 0.1) is 0 Å². The van der Waals surface area contributed by atoms with Crippen molar-refractivity contribution in [3.05, 3.63) is 212 Å². The Bertz CT molecular complexity index is 3550. The van der Waals surface area contributed by atoms with Crippen LogP contribution >= 0.6 is 0 Å². The van der Waals surface area contributed by atoms with E-state index in [-0.39, 0.29) is 5.41 Å². The highest BCUT2D eigenvalue weighted by Gasteiger charge is 2.35. The minimum atomic E-state index is -0.0592. The molecular formula is C58H39N3. The predicted octanol–water partition coefficient (Wildman–Crippen LogP) is 15.1. The van der Waals surface area contributed by atoms with Gasteiger partial charge in [0.1, 0.15) is 0 Å². The smallest absolute Gasteiger partial charge is 0.160 e. The van der Waals surface area contributed by atoms with Gasteiger partial charge in [-0.2, -0.15) is 0 Å². The quantitative estimate of drug-likeness (QED) is 0.163. The molecule has 0 aliphatic heterocycles. The van der Waals surface area contributed by atoms with Crippen LogP contribution in [-0.2, 0) is 5.41 Å². The van der Waals surface area contributed by atoms with E-state index in [2.05, 4.69) is 201 Å². The molecule has 2 heterocycles. The van der Waals surface area contributed by atoms with Crippen LogP contribution in [-0.4, -0.2) is 15.0 Å². The number of hydrogen-bond donors (Lipinski definition) is 0. The van der Waals surface area contributed by atoms with Crippen LogP contribution in [0.25, 0.3) is 110 Å². The summed E-state index contributed by atoms with van der Waals surface area (Å²) >= 11 is 0. The average molecular weight is 778 g/mol. The van der Waals surface area contributed by atoms with E-state index in [0.717, 1.165) is 44.6 Å². The average Bonchev–Trinajstić information content (AvgIpc) is 3.56. The van der Waals surface area contributed by atoms with Crippen LogP contribution in [0.4, 0.5) is 0 Å². The second-order valence-corrected chi connectivity index (χ2v) is 16.8. The molecule has 0 fully saturated rings. The summed E-state index contributed by atoms with van der Waals surface area (Å²) in [6, 6.07) is 68.1. The monoisotopic (exact) mass is 777 g/mol. The number of rotatable bonds is 5. The Balaban J connectivity index is 1.05. The molecule has 0 atom stereocenters. The molecular weight excluding hydrogens is 739 g/mol. The van der Waals surface area contributed by atoms with Crippen molar-refractivity contribution in [3.8, 4) is 67.3 Å². The second kappa shape index (κ2) is 13.7. The van der Waals surface area contributed by atoms with Crippen LogP contribution in [0.1, 0.15) is 25.0 Å². The fraction of sp³-hybridized carbons (Fsp3) is 0.0517. The molecule has 3 heteroatoms. The van der Waals surface area contributed by atoms with Crippen LogP contribution in [0.5, 0.6) is 0 Å². The van der Waals surface area contributed by atoms with Crippen molar-refractivity contribution in [1.82, 2.24) is 15.0 Å². The summed E-state index contributed by atoms with van der Waals surface area (Å²) < 4.78 is 0. The van der Waals surface area contributed by atoms with E-state index < -0.39 is 0 Å². The lowest BCUT2D eigenvalue weighted by Gasteiger charge is -2.22. The van der Waals surface area contributed by atoms with Crippen LogP contribution in [0.3, 0.4) is 0 Å². The largest absolute Gasteiger partial charge is 0.264 e. The Kier molecular flexibility index (Phi) is 7.88. The van der Waals surface area contributed by atoms with Gasteiger partial charge < -0.3 is 0 Å². The molecule has 12 rings (SSSR count). The van der Waals surface area contributed by atoms with Crippen molar-refractivity contribution in [2.45, 2.75) is 19.3 Å². The molecule has 0 amide bonds. The van der Waals surface area contributed by atoms with Gasteiger partial charge in [-0.15, -0.1) is 0 Å². The van der Waals surface area contributed by atoms with Gasteiger partial charge in [0.05, 0.1) is 11.4 Å².